The van der Waals surface area contributed by atoms with Crippen LogP contribution in [0.5, 0.6) is 0 Å². The summed E-state index contributed by atoms with van der Waals surface area (Å²) in [6, 6.07) is 5.55. The summed E-state index contributed by atoms with van der Waals surface area (Å²) in [6.07, 6.45) is 1.54. The van der Waals surface area contributed by atoms with Gasteiger partial charge in [0.25, 0.3) is 0 Å². The third-order valence-electron chi connectivity index (χ3n) is 6.03. The number of amides is 2. The number of piperidine rings is 1. The molecule has 2 aromatic rings. The van der Waals surface area contributed by atoms with Crippen LogP contribution < -0.4 is 0 Å². The van der Waals surface area contributed by atoms with Crippen LogP contribution >= 0.6 is 0 Å². The van der Waals surface area contributed by atoms with Gasteiger partial charge < -0.3 is 14.5 Å². The minimum Gasteiger partial charge on any atom is -0.378 e. The normalized spacial score (nSPS) is 18.8. The molecule has 0 aliphatic carbocycles. The molecule has 4 rings (SSSR count). The molecule has 1 atom stereocenters. The lowest BCUT2D eigenvalue weighted by atomic mass is 9.94. The molecule has 0 N–H and O–H groups in total. The Balaban J connectivity index is 1.44. The lowest BCUT2D eigenvalue weighted by molar-refractivity contribution is -0.144. The Kier molecular flexibility index (Phi) is 6.55. The molecule has 3 heterocycles. The number of nitrogens with zero attached hydrogens (tertiary/aromatic N) is 6. The smallest absolute Gasteiger partial charge is 0.247 e. The van der Waals surface area contributed by atoms with Crippen molar-refractivity contribution in [3.63, 3.8) is 0 Å². The van der Waals surface area contributed by atoms with E-state index in [1.54, 1.807) is 24.0 Å². The second-order valence-electron chi connectivity index (χ2n) is 8.06. The van der Waals surface area contributed by atoms with E-state index in [0.29, 0.717) is 63.6 Å². The number of carbonyl (C=O) groups is 2. The van der Waals surface area contributed by atoms with Gasteiger partial charge >= 0.3 is 0 Å². The molecule has 1 unspecified atom stereocenters. The number of halogens is 1. The summed E-state index contributed by atoms with van der Waals surface area (Å²) in [4.78, 5) is 29.8. The van der Waals surface area contributed by atoms with E-state index in [-0.39, 0.29) is 30.0 Å². The van der Waals surface area contributed by atoms with Gasteiger partial charge in [-0.1, -0.05) is 12.1 Å². The van der Waals surface area contributed by atoms with E-state index in [4.69, 9.17) is 4.74 Å². The quantitative estimate of drug-likeness (QED) is 0.703. The number of hydrogen-bond acceptors (Lipinski definition) is 6. The van der Waals surface area contributed by atoms with Gasteiger partial charge in [0.1, 0.15) is 17.7 Å². The topological polar surface area (TPSA) is 93.5 Å². The summed E-state index contributed by atoms with van der Waals surface area (Å²) in [7, 11) is 0. The molecule has 166 valence electrons. The number of carbonyl (C=O) groups excluding carboxylic acids is 2. The minimum atomic E-state index is -0.664. The van der Waals surface area contributed by atoms with Gasteiger partial charge in [-0.3, -0.25) is 9.59 Å². The number of aromatic nitrogens is 4. The molecule has 9 nitrogen and oxygen atoms in total. The molecule has 0 radical (unpaired) electrons. The summed E-state index contributed by atoms with van der Waals surface area (Å²) in [5, 5.41) is 11.6. The van der Waals surface area contributed by atoms with Crippen LogP contribution in [0.1, 0.15) is 30.3 Å². The van der Waals surface area contributed by atoms with Crippen LogP contribution in [0.3, 0.4) is 0 Å². The maximum absolute atomic E-state index is 13.7. The van der Waals surface area contributed by atoms with E-state index in [0.717, 1.165) is 0 Å². The van der Waals surface area contributed by atoms with Gasteiger partial charge in [0.05, 0.1) is 13.2 Å². The van der Waals surface area contributed by atoms with Crippen molar-refractivity contribution in [3.05, 3.63) is 41.5 Å². The first-order valence-corrected chi connectivity index (χ1v) is 10.7. The fourth-order valence-electron chi connectivity index (χ4n) is 4.29. The molecule has 0 saturated carbocycles. The monoisotopic (exact) mass is 430 g/mol. The Morgan fingerprint density at radius 3 is 2.55 bits per heavy atom. The second-order valence-corrected chi connectivity index (χ2v) is 8.06. The SMILES string of the molecule is Cc1nnnn1C(Cc1cccc(F)c1)C(=O)N1CCC(C(=O)N2CCOCC2)CC1. The highest BCUT2D eigenvalue weighted by atomic mass is 19.1. The first-order chi connectivity index (χ1) is 15.0. The zero-order valence-electron chi connectivity index (χ0n) is 17.6. The molecule has 2 saturated heterocycles. The lowest BCUT2D eigenvalue weighted by Crippen LogP contribution is -2.49. The van der Waals surface area contributed by atoms with Gasteiger partial charge in [-0.2, -0.15) is 0 Å². The first-order valence-electron chi connectivity index (χ1n) is 10.7. The number of benzene rings is 1. The third kappa shape index (κ3) is 4.90. The Labute approximate surface area is 180 Å². The molecule has 2 aliphatic rings. The van der Waals surface area contributed by atoms with Crippen molar-refractivity contribution >= 4 is 11.8 Å². The van der Waals surface area contributed by atoms with Crippen LogP contribution in [0.15, 0.2) is 24.3 Å². The highest BCUT2D eigenvalue weighted by molar-refractivity contribution is 5.82. The second kappa shape index (κ2) is 9.51. The molecule has 2 fully saturated rings. The molecule has 10 heteroatoms. The first kappa shape index (κ1) is 21.4. The molecule has 1 aromatic heterocycles. The van der Waals surface area contributed by atoms with Crippen molar-refractivity contribution in [2.75, 3.05) is 39.4 Å². The largest absolute Gasteiger partial charge is 0.378 e. The average molecular weight is 430 g/mol. The molecule has 1 aromatic carbocycles. The van der Waals surface area contributed by atoms with Crippen LogP contribution in [-0.4, -0.2) is 81.2 Å². The van der Waals surface area contributed by atoms with Crippen LogP contribution in [0.4, 0.5) is 4.39 Å². The van der Waals surface area contributed by atoms with Crippen molar-refractivity contribution in [1.82, 2.24) is 30.0 Å². The molecule has 2 aliphatic heterocycles. The number of morpholine rings is 1. The molecular weight excluding hydrogens is 403 g/mol. The van der Waals surface area contributed by atoms with Gasteiger partial charge in [0.2, 0.25) is 11.8 Å². The zero-order chi connectivity index (χ0) is 21.8. The van der Waals surface area contributed by atoms with Crippen molar-refractivity contribution in [3.8, 4) is 0 Å². The third-order valence-corrected chi connectivity index (χ3v) is 6.03. The lowest BCUT2D eigenvalue weighted by Gasteiger charge is -2.36. The van der Waals surface area contributed by atoms with Gasteiger partial charge in [0, 0.05) is 38.5 Å². The highest BCUT2D eigenvalue weighted by Gasteiger charge is 2.34. The zero-order valence-corrected chi connectivity index (χ0v) is 17.6. The molecule has 0 spiro atoms. The maximum Gasteiger partial charge on any atom is 0.247 e. The highest BCUT2D eigenvalue weighted by Crippen LogP contribution is 2.24. The van der Waals surface area contributed by atoms with Crippen molar-refractivity contribution in [2.45, 2.75) is 32.2 Å². The van der Waals surface area contributed by atoms with Crippen molar-refractivity contribution in [1.29, 1.82) is 0 Å². The van der Waals surface area contributed by atoms with E-state index in [1.165, 1.54) is 16.8 Å². The van der Waals surface area contributed by atoms with Gasteiger partial charge in [-0.15, -0.1) is 5.10 Å². The van der Waals surface area contributed by atoms with Gasteiger partial charge in [-0.05, 0) is 47.9 Å². The predicted molar refractivity (Wildman–Crippen MR) is 108 cm³/mol. The number of likely N-dealkylation sites (tertiary alicyclic amines) is 1. The molecule has 2 amide bonds. The van der Waals surface area contributed by atoms with Gasteiger partial charge in [0.15, 0.2) is 0 Å². The number of ether oxygens (including phenoxy) is 1. The van der Waals surface area contributed by atoms with E-state index in [2.05, 4.69) is 15.5 Å². The van der Waals surface area contributed by atoms with E-state index in [1.807, 2.05) is 4.90 Å². The summed E-state index contributed by atoms with van der Waals surface area (Å²) in [5.41, 5.74) is 0.700. The fraction of sp³-hybridized carbons (Fsp3) is 0.571. The summed E-state index contributed by atoms with van der Waals surface area (Å²) < 4.78 is 20.5. The van der Waals surface area contributed by atoms with Crippen LogP contribution in [-0.2, 0) is 20.7 Å². The number of hydrogen-bond donors (Lipinski definition) is 0. The maximum atomic E-state index is 13.7. The van der Waals surface area contributed by atoms with Crippen LogP contribution in [0.2, 0.25) is 0 Å². The summed E-state index contributed by atoms with van der Waals surface area (Å²) >= 11 is 0. The summed E-state index contributed by atoms with van der Waals surface area (Å²) in [5.74, 6) is 0.144. The van der Waals surface area contributed by atoms with Crippen molar-refractivity contribution < 1.29 is 18.7 Å². The van der Waals surface area contributed by atoms with E-state index >= 15 is 0 Å². The summed E-state index contributed by atoms with van der Waals surface area (Å²) in [6.45, 7) is 5.16. The minimum absolute atomic E-state index is 0.0707. The number of tetrazole rings is 1. The fourth-order valence-corrected chi connectivity index (χ4v) is 4.29. The molecule has 31 heavy (non-hydrogen) atoms. The van der Waals surface area contributed by atoms with E-state index < -0.39 is 6.04 Å². The number of rotatable bonds is 5. The Hall–Kier alpha value is -2.88. The van der Waals surface area contributed by atoms with Crippen LogP contribution in [0.25, 0.3) is 0 Å². The Morgan fingerprint density at radius 1 is 1.16 bits per heavy atom. The van der Waals surface area contributed by atoms with Crippen LogP contribution in [0, 0.1) is 18.7 Å². The predicted octanol–water partition coefficient (Wildman–Crippen LogP) is 1.00. The molecule has 0 bridgehead atoms. The Morgan fingerprint density at radius 2 is 1.90 bits per heavy atom. The van der Waals surface area contributed by atoms with Gasteiger partial charge in [-0.25, -0.2) is 9.07 Å². The standard InChI is InChI=1S/C21H27FN6O3/c1-15-23-24-25-28(15)19(14-16-3-2-4-18(22)13-16)21(30)26-7-5-17(6-8-26)20(29)27-9-11-31-12-10-27/h2-4,13,17,19H,5-12,14H2,1H3. The van der Waals surface area contributed by atoms with E-state index in [9.17, 15) is 14.0 Å². The number of aryl methyl sites for hydroxylation is 1. The van der Waals surface area contributed by atoms with Crippen molar-refractivity contribution in [2.24, 2.45) is 5.92 Å². The average Bonchev–Trinajstić information content (AvgIpc) is 3.23. The Bertz CT molecular complexity index is 921. The molecular formula is C21H27FN6O3.